The molecule has 0 unspecified atom stereocenters. The Bertz CT molecular complexity index is 872. The number of likely N-dealkylation sites (tertiary alicyclic amines) is 1. The minimum Gasteiger partial charge on any atom is -0.370 e. The van der Waals surface area contributed by atoms with Gasteiger partial charge in [-0.1, -0.05) is 30.3 Å². The van der Waals surface area contributed by atoms with Crippen molar-refractivity contribution < 1.29 is 9.53 Å². The van der Waals surface area contributed by atoms with Crippen LogP contribution in [0.2, 0.25) is 0 Å². The quantitative estimate of drug-likeness (QED) is 0.817. The maximum Gasteiger partial charge on any atom is 0.254 e. The van der Waals surface area contributed by atoms with Gasteiger partial charge in [0.25, 0.3) is 5.91 Å². The van der Waals surface area contributed by atoms with E-state index in [-0.39, 0.29) is 17.6 Å². The van der Waals surface area contributed by atoms with Crippen molar-refractivity contribution in [1.29, 1.82) is 0 Å². The number of amides is 1. The molecule has 0 saturated carbocycles. The van der Waals surface area contributed by atoms with E-state index < -0.39 is 0 Å². The number of fused-ring (bicyclic) bond motifs is 1. The Morgan fingerprint density at radius 3 is 2.86 bits per heavy atom. The molecule has 0 aliphatic carbocycles. The SMILES string of the molecule is Cc1ncc(C(=O)NC[C@H]2[C@H]3CN(CCc4ccccc4)C[C@]34CC[C@H]2O4)cn1. The first-order valence-electron chi connectivity index (χ1n) is 10.6. The van der Waals surface area contributed by atoms with Crippen LogP contribution in [0.3, 0.4) is 0 Å². The molecule has 29 heavy (non-hydrogen) atoms. The number of benzene rings is 1. The van der Waals surface area contributed by atoms with E-state index >= 15 is 0 Å². The van der Waals surface area contributed by atoms with E-state index in [4.69, 9.17) is 4.74 Å². The Balaban J connectivity index is 1.20. The van der Waals surface area contributed by atoms with Gasteiger partial charge in [0.15, 0.2) is 0 Å². The first kappa shape index (κ1) is 18.7. The van der Waals surface area contributed by atoms with Gasteiger partial charge in [0, 0.05) is 50.4 Å². The van der Waals surface area contributed by atoms with Gasteiger partial charge < -0.3 is 10.1 Å². The van der Waals surface area contributed by atoms with Crippen molar-refractivity contribution in [2.45, 2.75) is 37.9 Å². The van der Waals surface area contributed by atoms with E-state index in [2.05, 4.69) is 50.5 Å². The normalized spacial score (nSPS) is 30.4. The third-order valence-electron chi connectivity index (χ3n) is 6.96. The molecule has 4 atom stereocenters. The van der Waals surface area contributed by atoms with Crippen LogP contribution in [0, 0.1) is 18.8 Å². The van der Waals surface area contributed by atoms with Crippen LogP contribution in [0.1, 0.15) is 34.6 Å². The zero-order valence-corrected chi connectivity index (χ0v) is 16.9. The molecule has 4 heterocycles. The zero-order valence-electron chi connectivity index (χ0n) is 16.9. The van der Waals surface area contributed by atoms with Crippen molar-refractivity contribution in [3.8, 4) is 0 Å². The molecule has 152 valence electrons. The number of hydrogen-bond donors (Lipinski definition) is 1. The minimum atomic E-state index is -0.0965. The predicted octanol–water partition coefficient (Wildman–Crippen LogP) is 2.24. The number of aryl methyl sites for hydroxylation is 1. The molecule has 5 rings (SSSR count). The molecule has 3 aliphatic rings. The molecule has 1 spiro atoms. The number of aromatic nitrogens is 2. The summed E-state index contributed by atoms with van der Waals surface area (Å²) in [4.78, 5) is 23.3. The summed E-state index contributed by atoms with van der Waals surface area (Å²) >= 11 is 0. The molecule has 6 heteroatoms. The molecule has 2 aromatic rings. The van der Waals surface area contributed by atoms with Gasteiger partial charge in [-0.05, 0) is 31.7 Å². The summed E-state index contributed by atoms with van der Waals surface area (Å²) in [7, 11) is 0. The Labute approximate surface area is 171 Å². The lowest BCUT2D eigenvalue weighted by Gasteiger charge is -2.29. The predicted molar refractivity (Wildman–Crippen MR) is 110 cm³/mol. The highest BCUT2D eigenvalue weighted by molar-refractivity contribution is 5.93. The second kappa shape index (κ2) is 7.50. The van der Waals surface area contributed by atoms with E-state index in [9.17, 15) is 4.79 Å². The summed E-state index contributed by atoms with van der Waals surface area (Å²) < 4.78 is 6.51. The number of rotatable bonds is 6. The maximum atomic E-state index is 12.5. The Morgan fingerprint density at radius 2 is 2.07 bits per heavy atom. The summed E-state index contributed by atoms with van der Waals surface area (Å²) in [5, 5.41) is 3.11. The van der Waals surface area contributed by atoms with Crippen molar-refractivity contribution >= 4 is 5.91 Å². The third-order valence-corrected chi connectivity index (χ3v) is 6.96. The van der Waals surface area contributed by atoms with Crippen LogP contribution in [0.15, 0.2) is 42.7 Å². The monoisotopic (exact) mass is 392 g/mol. The average molecular weight is 393 g/mol. The number of nitrogens with one attached hydrogen (secondary N) is 1. The molecular weight excluding hydrogens is 364 g/mol. The molecule has 0 radical (unpaired) electrons. The summed E-state index contributed by atoms with van der Waals surface area (Å²) in [6.07, 6.45) is 6.81. The van der Waals surface area contributed by atoms with Crippen molar-refractivity contribution in [3.63, 3.8) is 0 Å². The lowest BCUT2D eigenvalue weighted by Crippen LogP contribution is -2.41. The standard InChI is InChI=1S/C23H28N4O2/c1-16-24-11-18(12-25-16)22(28)26-13-19-20-14-27(10-8-17-5-3-2-4-6-17)15-23(20)9-7-21(19)29-23/h2-6,11-12,19-21H,7-10,13-15H2,1H3,(H,26,28)/t19-,20+,21+,23+/m0/s1. The fourth-order valence-corrected chi connectivity index (χ4v) is 5.48. The first-order valence-corrected chi connectivity index (χ1v) is 10.6. The van der Waals surface area contributed by atoms with Crippen LogP contribution in [-0.2, 0) is 11.2 Å². The van der Waals surface area contributed by atoms with Crippen LogP contribution in [-0.4, -0.2) is 58.7 Å². The molecule has 1 aromatic heterocycles. The minimum absolute atomic E-state index is 0.00369. The van der Waals surface area contributed by atoms with Crippen molar-refractivity contribution in [2.75, 3.05) is 26.2 Å². The highest BCUT2D eigenvalue weighted by atomic mass is 16.5. The summed E-state index contributed by atoms with van der Waals surface area (Å²) in [5.74, 6) is 1.47. The largest absolute Gasteiger partial charge is 0.370 e. The average Bonchev–Trinajstić information content (AvgIpc) is 3.40. The summed E-state index contributed by atoms with van der Waals surface area (Å²) in [5.41, 5.74) is 1.91. The van der Waals surface area contributed by atoms with Gasteiger partial charge in [-0.15, -0.1) is 0 Å². The Kier molecular flexibility index (Phi) is 4.84. The summed E-state index contributed by atoms with van der Waals surface area (Å²) in [6.45, 7) is 5.64. The van der Waals surface area contributed by atoms with Crippen molar-refractivity contribution in [2.24, 2.45) is 11.8 Å². The maximum absolute atomic E-state index is 12.5. The second-order valence-corrected chi connectivity index (χ2v) is 8.73. The Hall–Kier alpha value is -2.31. The van der Waals surface area contributed by atoms with Gasteiger partial charge in [-0.2, -0.15) is 0 Å². The highest BCUT2D eigenvalue weighted by Gasteiger charge is 2.62. The highest BCUT2D eigenvalue weighted by Crippen LogP contribution is 2.54. The smallest absolute Gasteiger partial charge is 0.254 e. The van der Waals surface area contributed by atoms with E-state index in [0.29, 0.717) is 29.8 Å². The van der Waals surface area contributed by atoms with E-state index in [1.807, 2.05) is 6.92 Å². The molecule has 3 aliphatic heterocycles. The second-order valence-electron chi connectivity index (χ2n) is 8.73. The fraction of sp³-hybridized carbons (Fsp3) is 0.522. The molecule has 6 nitrogen and oxygen atoms in total. The molecular formula is C23H28N4O2. The Morgan fingerprint density at radius 1 is 1.28 bits per heavy atom. The topological polar surface area (TPSA) is 67.4 Å². The molecule has 2 bridgehead atoms. The fourth-order valence-electron chi connectivity index (χ4n) is 5.48. The number of carbonyl (C=O) groups excluding carboxylic acids is 1. The molecule has 3 saturated heterocycles. The number of ether oxygens (including phenoxy) is 1. The zero-order chi connectivity index (χ0) is 19.8. The third kappa shape index (κ3) is 3.55. The van der Waals surface area contributed by atoms with Crippen LogP contribution < -0.4 is 5.32 Å². The van der Waals surface area contributed by atoms with Crippen LogP contribution in [0.5, 0.6) is 0 Å². The number of hydrogen-bond acceptors (Lipinski definition) is 5. The summed E-state index contributed by atoms with van der Waals surface area (Å²) in [6, 6.07) is 10.7. The van der Waals surface area contributed by atoms with Gasteiger partial charge in [0.05, 0.1) is 17.3 Å². The van der Waals surface area contributed by atoms with E-state index in [1.165, 1.54) is 5.56 Å². The van der Waals surface area contributed by atoms with Crippen molar-refractivity contribution in [1.82, 2.24) is 20.2 Å². The lowest BCUT2D eigenvalue weighted by atomic mass is 9.73. The van der Waals surface area contributed by atoms with Crippen LogP contribution >= 0.6 is 0 Å². The van der Waals surface area contributed by atoms with Gasteiger partial charge in [-0.25, -0.2) is 9.97 Å². The lowest BCUT2D eigenvalue weighted by molar-refractivity contribution is 0.00286. The van der Waals surface area contributed by atoms with Crippen molar-refractivity contribution in [3.05, 3.63) is 59.7 Å². The van der Waals surface area contributed by atoms with Gasteiger partial charge in [-0.3, -0.25) is 9.69 Å². The van der Waals surface area contributed by atoms with Crippen LogP contribution in [0.4, 0.5) is 0 Å². The molecule has 1 N–H and O–H groups in total. The van der Waals surface area contributed by atoms with Gasteiger partial charge in [0.1, 0.15) is 5.82 Å². The number of carbonyl (C=O) groups is 1. The first-order chi connectivity index (χ1) is 14.1. The van der Waals surface area contributed by atoms with Gasteiger partial charge in [0.2, 0.25) is 0 Å². The van der Waals surface area contributed by atoms with E-state index in [0.717, 1.165) is 38.9 Å². The molecule has 1 amide bonds. The molecule has 3 fully saturated rings. The molecule has 1 aromatic carbocycles. The van der Waals surface area contributed by atoms with Gasteiger partial charge >= 0.3 is 0 Å². The van der Waals surface area contributed by atoms with E-state index in [1.54, 1.807) is 12.4 Å². The number of nitrogens with zero attached hydrogens (tertiary/aromatic N) is 3. The van der Waals surface area contributed by atoms with Crippen LogP contribution in [0.25, 0.3) is 0 Å².